The Hall–Kier alpha value is -2.05. The van der Waals surface area contributed by atoms with Crippen molar-refractivity contribution in [2.45, 2.75) is 37.7 Å². The molecule has 1 spiro atoms. The van der Waals surface area contributed by atoms with E-state index in [1.807, 2.05) is 7.05 Å². The second-order valence-electron chi connectivity index (χ2n) is 6.35. The molecular weight excluding hydrogens is 282 g/mol. The average Bonchev–Trinajstić information content (AvgIpc) is 3.13. The molecule has 0 saturated carbocycles. The summed E-state index contributed by atoms with van der Waals surface area (Å²) in [5, 5.41) is 5.97. The molecule has 1 aromatic rings. The maximum atomic E-state index is 11.4. The molecular formula is C15H21N5O2. The van der Waals surface area contributed by atoms with Gasteiger partial charge in [-0.15, -0.1) is 0 Å². The highest BCUT2D eigenvalue weighted by atomic mass is 16.6. The van der Waals surface area contributed by atoms with E-state index in [1.54, 1.807) is 0 Å². The number of carbonyl (C=O) groups is 1. The lowest BCUT2D eigenvalue weighted by atomic mass is 9.93. The Kier molecular flexibility index (Phi) is 3.09. The highest BCUT2D eigenvalue weighted by Crippen LogP contribution is 2.32. The zero-order chi connectivity index (χ0) is 15.2. The van der Waals surface area contributed by atoms with Crippen LogP contribution >= 0.6 is 0 Å². The van der Waals surface area contributed by atoms with Gasteiger partial charge >= 0.3 is 6.09 Å². The lowest BCUT2D eigenvalue weighted by Gasteiger charge is -2.38. The fraction of sp³-hybridized carbons (Fsp3) is 0.667. The van der Waals surface area contributed by atoms with Crippen LogP contribution in [0.15, 0.2) is 0 Å². The van der Waals surface area contributed by atoms with E-state index in [1.165, 1.54) is 5.56 Å². The van der Waals surface area contributed by atoms with E-state index in [2.05, 4.69) is 15.5 Å². The van der Waals surface area contributed by atoms with Crippen LogP contribution in [-0.2, 0) is 17.6 Å². The van der Waals surface area contributed by atoms with Gasteiger partial charge in [-0.2, -0.15) is 4.98 Å². The van der Waals surface area contributed by atoms with Crippen molar-refractivity contribution in [3.63, 3.8) is 0 Å². The van der Waals surface area contributed by atoms with Crippen LogP contribution in [0.4, 0.5) is 16.6 Å². The Morgan fingerprint density at radius 1 is 1.32 bits per heavy atom. The smallest absolute Gasteiger partial charge is 0.407 e. The summed E-state index contributed by atoms with van der Waals surface area (Å²) in [5.41, 5.74) is 2.00. The number of anilines is 2. The Morgan fingerprint density at radius 3 is 3.00 bits per heavy atom. The number of nitrogens with one attached hydrogen (secondary N) is 2. The van der Waals surface area contributed by atoms with Gasteiger partial charge in [-0.1, -0.05) is 0 Å². The Morgan fingerprint density at radius 2 is 2.23 bits per heavy atom. The molecule has 1 amide bonds. The first-order valence-corrected chi connectivity index (χ1v) is 7.98. The zero-order valence-corrected chi connectivity index (χ0v) is 12.8. The number of hydrogen-bond acceptors (Lipinski definition) is 6. The molecule has 4 rings (SSSR count). The van der Waals surface area contributed by atoms with Gasteiger partial charge in [0.05, 0.1) is 18.8 Å². The molecule has 2 saturated heterocycles. The SMILES string of the molecule is CNc1nc(N2CCCC3(CNC(=O)O3)C2)nc2c1CCC2. The van der Waals surface area contributed by atoms with E-state index in [0.717, 1.165) is 56.1 Å². The van der Waals surface area contributed by atoms with Crippen LogP contribution in [0.2, 0.25) is 0 Å². The minimum Gasteiger partial charge on any atom is -0.439 e. The molecule has 1 atom stereocenters. The molecule has 1 unspecified atom stereocenters. The van der Waals surface area contributed by atoms with E-state index in [9.17, 15) is 4.79 Å². The zero-order valence-electron chi connectivity index (χ0n) is 12.8. The van der Waals surface area contributed by atoms with Crippen molar-refractivity contribution in [2.24, 2.45) is 0 Å². The molecule has 3 aliphatic rings. The van der Waals surface area contributed by atoms with Crippen LogP contribution in [0.1, 0.15) is 30.5 Å². The van der Waals surface area contributed by atoms with Gasteiger partial charge < -0.3 is 20.3 Å². The summed E-state index contributed by atoms with van der Waals surface area (Å²) in [5.74, 6) is 1.70. The molecule has 1 aromatic heterocycles. The van der Waals surface area contributed by atoms with E-state index < -0.39 is 5.60 Å². The number of carbonyl (C=O) groups excluding carboxylic acids is 1. The van der Waals surface area contributed by atoms with E-state index in [0.29, 0.717) is 13.1 Å². The molecule has 0 bridgehead atoms. The minimum absolute atomic E-state index is 0.312. The lowest BCUT2D eigenvalue weighted by Crippen LogP contribution is -2.51. The highest BCUT2D eigenvalue weighted by molar-refractivity contribution is 5.70. The third-order valence-corrected chi connectivity index (χ3v) is 4.84. The first-order valence-electron chi connectivity index (χ1n) is 7.98. The van der Waals surface area contributed by atoms with Crippen LogP contribution in [0.3, 0.4) is 0 Å². The number of amides is 1. The number of hydrogen-bond donors (Lipinski definition) is 2. The van der Waals surface area contributed by atoms with E-state index in [-0.39, 0.29) is 6.09 Å². The molecule has 0 radical (unpaired) electrons. The number of aryl methyl sites for hydroxylation is 1. The molecule has 0 aromatic carbocycles. The Labute approximate surface area is 129 Å². The predicted octanol–water partition coefficient (Wildman–Crippen LogP) is 1.09. The monoisotopic (exact) mass is 303 g/mol. The topological polar surface area (TPSA) is 79.4 Å². The number of rotatable bonds is 2. The molecule has 7 nitrogen and oxygen atoms in total. The molecule has 118 valence electrons. The summed E-state index contributed by atoms with van der Waals surface area (Å²) in [6, 6.07) is 0. The van der Waals surface area contributed by atoms with Crippen molar-refractivity contribution in [1.29, 1.82) is 0 Å². The summed E-state index contributed by atoms with van der Waals surface area (Å²) in [7, 11) is 1.91. The van der Waals surface area contributed by atoms with Crippen LogP contribution in [0.5, 0.6) is 0 Å². The summed E-state index contributed by atoms with van der Waals surface area (Å²) in [6.07, 6.45) is 4.78. The van der Waals surface area contributed by atoms with Gasteiger partial charge in [0.2, 0.25) is 5.95 Å². The van der Waals surface area contributed by atoms with Crippen molar-refractivity contribution < 1.29 is 9.53 Å². The normalized spacial score (nSPS) is 26.8. The summed E-state index contributed by atoms with van der Waals surface area (Å²) >= 11 is 0. The van der Waals surface area contributed by atoms with Crippen molar-refractivity contribution in [3.05, 3.63) is 11.3 Å². The van der Waals surface area contributed by atoms with Gasteiger partial charge in [-0.25, -0.2) is 9.78 Å². The molecule has 2 aliphatic heterocycles. The number of ether oxygens (including phenoxy) is 1. The van der Waals surface area contributed by atoms with Crippen molar-refractivity contribution in [1.82, 2.24) is 15.3 Å². The number of fused-ring (bicyclic) bond motifs is 1. The molecule has 3 heterocycles. The second kappa shape index (κ2) is 5.00. The Balaban J connectivity index is 1.63. The van der Waals surface area contributed by atoms with Gasteiger partial charge in [0.15, 0.2) is 0 Å². The lowest BCUT2D eigenvalue weighted by molar-refractivity contribution is 0.0443. The molecule has 2 N–H and O–H groups in total. The summed E-state index contributed by atoms with van der Waals surface area (Å²) in [4.78, 5) is 23.1. The summed E-state index contributed by atoms with van der Waals surface area (Å²) in [6.45, 7) is 2.14. The molecule has 2 fully saturated rings. The maximum Gasteiger partial charge on any atom is 0.407 e. The van der Waals surface area contributed by atoms with Crippen molar-refractivity contribution in [3.8, 4) is 0 Å². The predicted molar refractivity (Wildman–Crippen MR) is 82.3 cm³/mol. The van der Waals surface area contributed by atoms with Crippen molar-refractivity contribution in [2.75, 3.05) is 36.9 Å². The third-order valence-electron chi connectivity index (χ3n) is 4.84. The van der Waals surface area contributed by atoms with Gasteiger partial charge in [0.25, 0.3) is 0 Å². The van der Waals surface area contributed by atoms with Crippen LogP contribution < -0.4 is 15.5 Å². The van der Waals surface area contributed by atoms with Crippen LogP contribution in [0, 0.1) is 0 Å². The number of alkyl carbamates (subject to hydrolysis) is 1. The second-order valence-corrected chi connectivity index (χ2v) is 6.35. The first kappa shape index (κ1) is 13.6. The Bertz CT molecular complexity index is 620. The highest BCUT2D eigenvalue weighted by Gasteiger charge is 2.44. The fourth-order valence-electron chi connectivity index (χ4n) is 3.77. The average molecular weight is 303 g/mol. The van der Waals surface area contributed by atoms with Gasteiger partial charge in [0.1, 0.15) is 11.4 Å². The molecule has 7 heteroatoms. The summed E-state index contributed by atoms with van der Waals surface area (Å²) < 4.78 is 5.53. The number of nitrogens with zero attached hydrogens (tertiary/aromatic N) is 3. The minimum atomic E-state index is -0.419. The van der Waals surface area contributed by atoms with Crippen LogP contribution in [0.25, 0.3) is 0 Å². The van der Waals surface area contributed by atoms with Gasteiger partial charge in [0, 0.05) is 19.2 Å². The van der Waals surface area contributed by atoms with E-state index in [4.69, 9.17) is 14.7 Å². The van der Waals surface area contributed by atoms with Gasteiger partial charge in [-0.05, 0) is 32.1 Å². The van der Waals surface area contributed by atoms with Crippen molar-refractivity contribution >= 4 is 17.9 Å². The quantitative estimate of drug-likeness (QED) is 0.851. The maximum absolute atomic E-state index is 11.4. The molecule has 22 heavy (non-hydrogen) atoms. The van der Waals surface area contributed by atoms with Gasteiger partial charge in [-0.3, -0.25) is 0 Å². The fourth-order valence-corrected chi connectivity index (χ4v) is 3.77. The standard InChI is InChI=1S/C15H21N5O2/c1-16-12-10-4-2-5-11(10)18-13(19-12)20-7-3-6-15(9-20)8-17-14(21)22-15/h2-9H2,1H3,(H,17,21)(H,16,18,19). The molecule has 1 aliphatic carbocycles. The first-order chi connectivity index (χ1) is 10.7. The van der Waals surface area contributed by atoms with Crippen LogP contribution in [-0.4, -0.2) is 48.3 Å². The van der Waals surface area contributed by atoms with E-state index >= 15 is 0 Å². The third kappa shape index (κ3) is 2.15. The number of aromatic nitrogens is 2. The number of piperidine rings is 1. The largest absolute Gasteiger partial charge is 0.439 e.